The molecule has 1 aromatic rings. The van der Waals surface area contributed by atoms with Gasteiger partial charge in [-0.05, 0) is 6.92 Å². The standard InChI is InChI=1S/C12H15N5O2/c1-2-19-12(18)10-8-14-5-6-17(10)11-9(7-13)15-3-4-16-11/h3-4,10,14H,2,5-6,8H2,1H3. The number of ether oxygens (including phenoxy) is 1. The summed E-state index contributed by atoms with van der Waals surface area (Å²) in [5, 5.41) is 12.2. The molecule has 0 bridgehead atoms. The number of piperazine rings is 1. The van der Waals surface area contributed by atoms with Gasteiger partial charge >= 0.3 is 5.97 Å². The minimum absolute atomic E-state index is 0.221. The number of nitriles is 1. The molecule has 1 saturated heterocycles. The normalized spacial score (nSPS) is 18.7. The van der Waals surface area contributed by atoms with Crippen LogP contribution in [0.15, 0.2) is 12.4 Å². The van der Waals surface area contributed by atoms with E-state index >= 15 is 0 Å². The quantitative estimate of drug-likeness (QED) is 0.746. The zero-order chi connectivity index (χ0) is 13.7. The van der Waals surface area contributed by atoms with Gasteiger partial charge in [-0.3, -0.25) is 0 Å². The summed E-state index contributed by atoms with van der Waals surface area (Å²) in [4.78, 5) is 21.9. The van der Waals surface area contributed by atoms with Crippen molar-refractivity contribution in [2.45, 2.75) is 13.0 Å². The number of rotatable bonds is 3. The van der Waals surface area contributed by atoms with Gasteiger partial charge in [-0.25, -0.2) is 14.8 Å². The molecular formula is C12H15N5O2. The summed E-state index contributed by atoms with van der Waals surface area (Å²) in [5.41, 5.74) is 0.221. The van der Waals surface area contributed by atoms with E-state index in [1.165, 1.54) is 12.4 Å². The molecule has 1 aliphatic heterocycles. The van der Waals surface area contributed by atoms with Crippen LogP contribution in [-0.4, -0.2) is 48.2 Å². The Bertz CT molecular complexity index is 499. The minimum atomic E-state index is -0.475. The first-order chi connectivity index (χ1) is 9.27. The summed E-state index contributed by atoms with van der Waals surface area (Å²) in [6.07, 6.45) is 2.98. The Hall–Kier alpha value is -2.20. The number of hydrogen-bond acceptors (Lipinski definition) is 7. The highest BCUT2D eigenvalue weighted by molar-refractivity contribution is 5.80. The minimum Gasteiger partial charge on any atom is -0.464 e. The third kappa shape index (κ3) is 2.80. The SMILES string of the molecule is CCOC(=O)C1CNCCN1c1nccnc1C#N. The number of hydrogen-bond donors (Lipinski definition) is 1. The molecule has 19 heavy (non-hydrogen) atoms. The third-order valence-electron chi connectivity index (χ3n) is 2.86. The maximum absolute atomic E-state index is 11.9. The lowest BCUT2D eigenvalue weighted by Crippen LogP contribution is -2.56. The molecule has 7 heteroatoms. The topological polar surface area (TPSA) is 91.1 Å². The highest BCUT2D eigenvalue weighted by Gasteiger charge is 2.32. The van der Waals surface area contributed by atoms with Crippen molar-refractivity contribution in [1.82, 2.24) is 15.3 Å². The summed E-state index contributed by atoms with van der Waals surface area (Å²) in [6.45, 7) is 3.87. The summed E-state index contributed by atoms with van der Waals surface area (Å²) in [7, 11) is 0. The molecule has 1 fully saturated rings. The second kappa shape index (κ2) is 6.11. The van der Waals surface area contributed by atoms with E-state index in [4.69, 9.17) is 10.00 Å². The number of nitrogens with one attached hydrogen (secondary N) is 1. The summed E-state index contributed by atoms with van der Waals surface area (Å²) < 4.78 is 5.05. The number of anilines is 1. The fourth-order valence-electron chi connectivity index (χ4n) is 2.03. The van der Waals surface area contributed by atoms with Gasteiger partial charge in [0.15, 0.2) is 11.5 Å². The van der Waals surface area contributed by atoms with Crippen molar-refractivity contribution >= 4 is 11.8 Å². The van der Waals surface area contributed by atoms with Gasteiger partial charge in [-0.2, -0.15) is 5.26 Å². The Morgan fingerprint density at radius 2 is 2.42 bits per heavy atom. The molecule has 2 heterocycles. The first-order valence-electron chi connectivity index (χ1n) is 6.13. The number of esters is 1. The second-order valence-electron chi connectivity index (χ2n) is 4.01. The molecule has 1 unspecified atom stereocenters. The molecule has 1 aromatic heterocycles. The predicted octanol–water partition coefficient (Wildman–Crippen LogP) is -0.310. The monoisotopic (exact) mass is 261 g/mol. The fourth-order valence-corrected chi connectivity index (χ4v) is 2.03. The van der Waals surface area contributed by atoms with Gasteiger partial charge in [0.1, 0.15) is 12.1 Å². The van der Waals surface area contributed by atoms with Crippen LogP contribution in [0.4, 0.5) is 5.82 Å². The molecule has 1 N–H and O–H groups in total. The number of carbonyl (C=O) groups is 1. The maximum atomic E-state index is 11.9. The van der Waals surface area contributed by atoms with Crippen molar-refractivity contribution in [3.05, 3.63) is 18.1 Å². The van der Waals surface area contributed by atoms with Crippen molar-refractivity contribution in [2.75, 3.05) is 31.1 Å². The van der Waals surface area contributed by atoms with Crippen LogP contribution in [0.3, 0.4) is 0 Å². The van der Waals surface area contributed by atoms with Crippen molar-refractivity contribution < 1.29 is 9.53 Å². The van der Waals surface area contributed by atoms with Gasteiger partial charge < -0.3 is 15.0 Å². The van der Waals surface area contributed by atoms with Crippen LogP contribution in [-0.2, 0) is 9.53 Å². The third-order valence-corrected chi connectivity index (χ3v) is 2.86. The Labute approximate surface area is 111 Å². The first kappa shape index (κ1) is 13.2. The average molecular weight is 261 g/mol. The summed E-state index contributed by atoms with van der Waals surface area (Å²) in [5.74, 6) is 0.119. The maximum Gasteiger partial charge on any atom is 0.330 e. The number of nitrogens with zero attached hydrogens (tertiary/aromatic N) is 4. The van der Waals surface area contributed by atoms with Crippen LogP contribution in [0.2, 0.25) is 0 Å². The van der Waals surface area contributed by atoms with Crippen LogP contribution < -0.4 is 10.2 Å². The van der Waals surface area contributed by atoms with Crippen LogP contribution in [0, 0.1) is 11.3 Å². The molecule has 0 radical (unpaired) electrons. The lowest BCUT2D eigenvalue weighted by molar-refractivity contribution is -0.144. The molecule has 0 spiro atoms. The van der Waals surface area contributed by atoms with E-state index < -0.39 is 6.04 Å². The molecule has 100 valence electrons. The van der Waals surface area contributed by atoms with Crippen LogP contribution >= 0.6 is 0 Å². The summed E-state index contributed by atoms with van der Waals surface area (Å²) in [6, 6.07) is 1.52. The first-order valence-corrected chi connectivity index (χ1v) is 6.13. The molecule has 0 amide bonds. The number of aromatic nitrogens is 2. The van der Waals surface area contributed by atoms with Crippen molar-refractivity contribution in [3.63, 3.8) is 0 Å². The van der Waals surface area contributed by atoms with Gasteiger partial charge in [0, 0.05) is 32.0 Å². The largest absolute Gasteiger partial charge is 0.464 e. The summed E-state index contributed by atoms with van der Waals surface area (Å²) >= 11 is 0. The average Bonchev–Trinajstić information content (AvgIpc) is 2.47. The molecule has 7 nitrogen and oxygen atoms in total. The van der Waals surface area contributed by atoms with Crippen LogP contribution in [0.1, 0.15) is 12.6 Å². The molecule has 0 aliphatic carbocycles. The predicted molar refractivity (Wildman–Crippen MR) is 67.4 cm³/mol. The van der Waals surface area contributed by atoms with Gasteiger partial charge in [-0.1, -0.05) is 0 Å². The smallest absolute Gasteiger partial charge is 0.330 e. The van der Waals surface area contributed by atoms with E-state index in [1.807, 2.05) is 6.07 Å². The Kier molecular flexibility index (Phi) is 4.26. The molecule has 0 saturated carbocycles. The van der Waals surface area contributed by atoms with Crippen LogP contribution in [0.25, 0.3) is 0 Å². The molecular weight excluding hydrogens is 246 g/mol. The van der Waals surface area contributed by atoms with E-state index in [-0.39, 0.29) is 11.7 Å². The molecule has 2 rings (SSSR count). The van der Waals surface area contributed by atoms with Crippen molar-refractivity contribution in [2.24, 2.45) is 0 Å². The van der Waals surface area contributed by atoms with Gasteiger partial charge in [0.2, 0.25) is 0 Å². The van der Waals surface area contributed by atoms with E-state index in [0.717, 1.165) is 6.54 Å². The molecule has 1 aliphatic rings. The zero-order valence-electron chi connectivity index (χ0n) is 10.7. The highest BCUT2D eigenvalue weighted by atomic mass is 16.5. The van der Waals surface area contributed by atoms with Crippen molar-refractivity contribution in [3.8, 4) is 6.07 Å². The van der Waals surface area contributed by atoms with E-state index in [0.29, 0.717) is 25.5 Å². The molecule has 0 aromatic carbocycles. The molecule has 1 atom stereocenters. The lowest BCUT2D eigenvalue weighted by atomic mass is 10.2. The Balaban J connectivity index is 2.29. The van der Waals surface area contributed by atoms with E-state index in [9.17, 15) is 4.79 Å². The van der Waals surface area contributed by atoms with Crippen molar-refractivity contribution in [1.29, 1.82) is 5.26 Å². The highest BCUT2D eigenvalue weighted by Crippen LogP contribution is 2.19. The lowest BCUT2D eigenvalue weighted by Gasteiger charge is -2.35. The van der Waals surface area contributed by atoms with E-state index in [2.05, 4.69) is 15.3 Å². The van der Waals surface area contributed by atoms with Crippen LogP contribution in [0.5, 0.6) is 0 Å². The second-order valence-corrected chi connectivity index (χ2v) is 4.01. The van der Waals surface area contributed by atoms with Gasteiger partial charge in [0.25, 0.3) is 0 Å². The fraction of sp³-hybridized carbons (Fsp3) is 0.500. The zero-order valence-corrected chi connectivity index (χ0v) is 10.7. The Morgan fingerprint density at radius 1 is 1.63 bits per heavy atom. The van der Waals surface area contributed by atoms with Gasteiger partial charge in [0.05, 0.1) is 6.61 Å². The van der Waals surface area contributed by atoms with E-state index in [1.54, 1.807) is 11.8 Å². The van der Waals surface area contributed by atoms with Gasteiger partial charge in [-0.15, -0.1) is 0 Å². The number of carbonyl (C=O) groups excluding carboxylic acids is 1. The Morgan fingerprint density at radius 3 is 3.16 bits per heavy atom.